The van der Waals surface area contributed by atoms with Crippen molar-refractivity contribution in [2.24, 2.45) is 5.92 Å². The molecule has 0 bridgehead atoms. The molecule has 0 radical (unpaired) electrons. The van der Waals surface area contributed by atoms with Gasteiger partial charge in [-0.2, -0.15) is 0 Å². The SMILES string of the molecule is CCCC(C)C(NC)c1cc2cc(F)ccc2s1. The van der Waals surface area contributed by atoms with E-state index in [2.05, 4.69) is 25.2 Å². The quantitative estimate of drug-likeness (QED) is 0.823. The molecule has 18 heavy (non-hydrogen) atoms. The van der Waals surface area contributed by atoms with Crippen LogP contribution in [-0.4, -0.2) is 7.05 Å². The molecule has 3 heteroatoms. The smallest absolute Gasteiger partial charge is 0.123 e. The fraction of sp³-hybridized carbons (Fsp3) is 0.467. The normalized spacial score (nSPS) is 14.9. The molecule has 0 amide bonds. The fourth-order valence-corrected chi connectivity index (χ4v) is 3.81. The van der Waals surface area contributed by atoms with Gasteiger partial charge in [0.2, 0.25) is 0 Å². The lowest BCUT2D eigenvalue weighted by atomic mass is 9.95. The van der Waals surface area contributed by atoms with Crippen molar-refractivity contribution in [3.63, 3.8) is 0 Å². The van der Waals surface area contributed by atoms with Gasteiger partial charge in [0.05, 0.1) is 0 Å². The third-order valence-corrected chi connectivity index (χ3v) is 4.63. The van der Waals surface area contributed by atoms with Gasteiger partial charge in [-0.25, -0.2) is 4.39 Å². The minimum atomic E-state index is -0.158. The molecule has 0 spiro atoms. The zero-order valence-electron chi connectivity index (χ0n) is 11.2. The van der Waals surface area contributed by atoms with Gasteiger partial charge in [-0.15, -0.1) is 11.3 Å². The molecule has 1 nitrogen and oxygen atoms in total. The highest BCUT2D eigenvalue weighted by atomic mass is 32.1. The van der Waals surface area contributed by atoms with Gasteiger partial charge in [-0.1, -0.05) is 20.3 Å². The molecule has 1 aromatic carbocycles. The zero-order valence-corrected chi connectivity index (χ0v) is 12.0. The van der Waals surface area contributed by atoms with Gasteiger partial charge in [0, 0.05) is 15.6 Å². The largest absolute Gasteiger partial charge is 0.312 e. The summed E-state index contributed by atoms with van der Waals surface area (Å²) in [6.07, 6.45) is 2.40. The molecule has 0 fully saturated rings. The average molecular weight is 265 g/mol. The summed E-state index contributed by atoms with van der Waals surface area (Å²) in [6.45, 7) is 4.49. The third-order valence-electron chi connectivity index (χ3n) is 3.43. The van der Waals surface area contributed by atoms with Crippen molar-refractivity contribution in [1.82, 2.24) is 5.32 Å². The molecule has 0 aliphatic heterocycles. The molecule has 2 atom stereocenters. The van der Waals surface area contributed by atoms with Crippen LogP contribution in [0.15, 0.2) is 24.3 Å². The summed E-state index contributed by atoms with van der Waals surface area (Å²) in [4.78, 5) is 1.30. The van der Waals surface area contributed by atoms with Crippen molar-refractivity contribution >= 4 is 21.4 Å². The van der Waals surface area contributed by atoms with Gasteiger partial charge in [0.1, 0.15) is 5.82 Å². The number of hydrogen-bond donors (Lipinski definition) is 1. The lowest BCUT2D eigenvalue weighted by Gasteiger charge is -2.21. The van der Waals surface area contributed by atoms with Crippen LogP contribution in [0.2, 0.25) is 0 Å². The van der Waals surface area contributed by atoms with E-state index in [1.807, 2.05) is 13.1 Å². The topological polar surface area (TPSA) is 12.0 Å². The Bertz CT molecular complexity index is 520. The van der Waals surface area contributed by atoms with Gasteiger partial charge < -0.3 is 5.32 Å². The van der Waals surface area contributed by atoms with E-state index in [0.717, 1.165) is 10.1 Å². The molecule has 98 valence electrons. The van der Waals surface area contributed by atoms with Crippen LogP contribution in [0.25, 0.3) is 10.1 Å². The first-order chi connectivity index (χ1) is 8.65. The fourth-order valence-electron chi connectivity index (χ4n) is 2.52. The first-order valence-electron chi connectivity index (χ1n) is 6.52. The van der Waals surface area contributed by atoms with Gasteiger partial charge in [-0.05, 0) is 49.0 Å². The number of fused-ring (bicyclic) bond motifs is 1. The predicted octanol–water partition coefficient (Wildman–Crippen LogP) is 4.74. The molecule has 0 saturated heterocycles. The standard InChI is InChI=1S/C15H20FNS/c1-4-5-10(2)15(17-3)14-9-11-8-12(16)6-7-13(11)18-14/h6-10,15,17H,4-5H2,1-3H3. The molecule has 1 heterocycles. The van der Waals surface area contributed by atoms with Crippen LogP contribution < -0.4 is 5.32 Å². The Labute approximate surface area is 112 Å². The second-order valence-corrected chi connectivity index (χ2v) is 5.98. The molecule has 1 aromatic heterocycles. The highest BCUT2D eigenvalue weighted by Crippen LogP contribution is 2.34. The molecular formula is C15H20FNS. The van der Waals surface area contributed by atoms with Crippen molar-refractivity contribution in [3.8, 4) is 0 Å². The van der Waals surface area contributed by atoms with Crippen molar-refractivity contribution in [3.05, 3.63) is 35.0 Å². The highest BCUT2D eigenvalue weighted by molar-refractivity contribution is 7.19. The summed E-state index contributed by atoms with van der Waals surface area (Å²) in [5, 5.41) is 4.41. The number of benzene rings is 1. The summed E-state index contributed by atoms with van der Waals surface area (Å²) in [5.41, 5.74) is 0. The number of thiophene rings is 1. The monoisotopic (exact) mass is 265 g/mol. The van der Waals surface area contributed by atoms with Crippen molar-refractivity contribution in [2.75, 3.05) is 7.05 Å². The Morgan fingerprint density at radius 3 is 2.78 bits per heavy atom. The molecule has 2 unspecified atom stereocenters. The molecule has 0 aliphatic rings. The zero-order chi connectivity index (χ0) is 13.1. The first kappa shape index (κ1) is 13.5. The Kier molecular flexibility index (Phi) is 4.36. The van der Waals surface area contributed by atoms with E-state index in [1.165, 1.54) is 23.8 Å². The van der Waals surface area contributed by atoms with E-state index in [9.17, 15) is 4.39 Å². The van der Waals surface area contributed by atoms with Crippen LogP contribution in [-0.2, 0) is 0 Å². The molecular weight excluding hydrogens is 245 g/mol. The van der Waals surface area contributed by atoms with Crippen LogP contribution in [0.3, 0.4) is 0 Å². The van der Waals surface area contributed by atoms with Gasteiger partial charge in [0.15, 0.2) is 0 Å². The second kappa shape index (κ2) is 5.81. The van der Waals surface area contributed by atoms with Crippen LogP contribution in [0.4, 0.5) is 4.39 Å². The lowest BCUT2D eigenvalue weighted by molar-refractivity contribution is 0.389. The van der Waals surface area contributed by atoms with Crippen molar-refractivity contribution in [2.45, 2.75) is 32.7 Å². The molecule has 2 rings (SSSR count). The molecule has 0 saturated carbocycles. The van der Waals surface area contributed by atoms with E-state index in [0.29, 0.717) is 12.0 Å². The number of nitrogens with one attached hydrogen (secondary N) is 1. The summed E-state index contributed by atoms with van der Waals surface area (Å²) >= 11 is 1.76. The molecule has 0 aliphatic carbocycles. The van der Waals surface area contributed by atoms with Crippen LogP contribution in [0.5, 0.6) is 0 Å². The van der Waals surface area contributed by atoms with E-state index in [1.54, 1.807) is 17.4 Å². The Morgan fingerprint density at radius 1 is 1.33 bits per heavy atom. The summed E-state index contributed by atoms with van der Waals surface area (Å²) < 4.78 is 14.4. The maximum absolute atomic E-state index is 13.2. The Hall–Kier alpha value is -0.930. The van der Waals surface area contributed by atoms with E-state index >= 15 is 0 Å². The first-order valence-corrected chi connectivity index (χ1v) is 7.33. The van der Waals surface area contributed by atoms with E-state index in [4.69, 9.17) is 0 Å². The van der Waals surface area contributed by atoms with Gasteiger partial charge in [0.25, 0.3) is 0 Å². The third kappa shape index (κ3) is 2.73. The van der Waals surface area contributed by atoms with Crippen LogP contribution in [0.1, 0.15) is 37.6 Å². The second-order valence-electron chi connectivity index (χ2n) is 4.86. The molecule has 2 aromatic rings. The number of rotatable bonds is 5. The lowest BCUT2D eigenvalue weighted by Crippen LogP contribution is -2.22. The Morgan fingerprint density at radius 2 is 2.11 bits per heavy atom. The average Bonchev–Trinajstić information content (AvgIpc) is 2.72. The number of halogens is 1. The Balaban J connectivity index is 2.33. The van der Waals surface area contributed by atoms with E-state index < -0.39 is 0 Å². The van der Waals surface area contributed by atoms with Gasteiger partial charge >= 0.3 is 0 Å². The van der Waals surface area contributed by atoms with Crippen LogP contribution >= 0.6 is 11.3 Å². The summed E-state index contributed by atoms with van der Waals surface area (Å²) in [7, 11) is 2.00. The summed E-state index contributed by atoms with van der Waals surface area (Å²) in [5.74, 6) is 0.437. The number of hydrogen-bond acceptors (Lipinski definition) is 2. The van der Waals surface area contributed by atoms with Crippen molar-refractivity contribution in [1.29, 1.82) is 0 Å². The van der Waals surface area contributed by atoms with Crippen LogP contribution in [0, 0.1) is 11.7 Å². The molecule has 1 N–H and O–H groups in total. The highest BCUT2D eigenvalue weighted by Gasteiger charge is 2.19. The summed E-state index contributed by atoms with van der Waals surface area (Å²) in [6, 6.07) is 7.51. The van der Waals surface area contributed by atoms with Gasteiger partial charge in [-0.3, -0.25) is 0 Å². The van der Waals surface area contributed by atoms with E-state index in [-0.39, 0.29) is 5.82 Å². The maximum Gasteiger partial charge on any atom is 0.123 e. The minimum Gasteiger partial charge on any atom is -0.312 e. The maximum atomic E-state index is 13.2. The minimum absolute atomic E-state index is 0.158. The predicted molar refractivity (Wildman–Crippen MR) is 77.7 cm³/mol. The van der Waals surface area contributed by atoms with Crippen molar-refractivity contribution < 1.29 is 4.39 Å².